The Labute approximate surface area is 383 Å². The molecular formula is C59H41N2PS2. The molecule has 9 aromatic carbocycles. The summed E-state index contributed by atoms with van der Waals surface area (Å²) in [5.41, 5.74) is 15.0. The fraction of sp³-hybridized carbons (Fsp3) is 0.0508. The van der Waals surface area contributed by atoms with Gasteiger partial charge >= 0.3 is 0 Å². The van der Waals surface area contributed by atoms with Crippen LogP contribution in [0.1, 0.15) is 36.1 Å². The van der Waals surface area contributed by atoms with Crippen molar-refractivity contribution in [3.63, 3.8) is 0 Å². The van der Waals surface area contributed by atoms with Crippen molar-refractivity contribution < 1.29 is 0 Å². The number of hydrogen-bond donors (Lipinski definition) is 0. The van der Waals surface area contributed by atoms with E-state index in [1.54, 1.807) is 0 Å². The van der Waals surface area contributed by atoms with E-state index in [-0.39, 0.29) is 5.41 Å². The van der Waals surface area contributed by atoms with Crippen LogP contribution in [-0.4, -0.2) is 0 Å². The molecule has 3 aliphatic rings. The lowest BCUT2D eigenvalue weighted by Gasteiger charge is -2.33. The first-order chi connectivity index (χ1) is 31.5. The SMILES string of the molecule is CC1(C)c2cc(/C=C/c3ccc4c(c3)c3cc(N5c6ccccc6Sc6ccccc65)ccc3p4-c3ccccc3)ccc2-c2ccc(N3c4ccccc4Sc4ccccc43)cc21. The van der Waals surface area contributed by atoms with E-state index in [4.69, 9.17) is 0 Å². The Hall–Kier alpha value is -6.68. The maximum absolute atomic E-state index is 2.45. The van der Waals surface area contributed by atoms with Crippen molar-refractivity contribution in [1.29, 1.82) is 0 Å². The van der Waals surface area contributed by atoms with Crippen LogP contribution in [0.2, 0.25) is 0 Å². The Kier molecular flexibility index (Phi) is 8.68. The summed E-state index contributed by atoms with van der Waals surface area (Å²) in [7, 11) is -0.692. The fourth-order valence-electron chi connectivity index (χ4n) is 10.3. The number of benzene rings is 9. The lowest BCUT2D eigenvalue weighted by molar-refractivity contribution is 0.660. The van der Waals surface area contributed by atoms with E-state index in [2.05, 4.69) is 236 Å². The topological polar surface area (TPSA) is 6.48 Å². The zero-order valence-electron chi connectivity index (χ0n) is 35.4. The smallest absolute Gasteiger partial charge is 0.0601 e. The first-order valence-corrected chi connectivity index (χ1v) is 24.9. The molecule has 0 amide bonds. The standard InChI is InChI=1S/C59H41N2PS2/c1-59(2)47-35-39(26-30-43(47)44-31-28-41(37-48(44)59)61-51-18-8-12-22-57(51)64-58-23-13-9-19-52(58)61)25-24-38-27-32-53-45(34-38)46-36-40(29-33-54(46)62(53)42-14-4-3-5-15-42)60-49-16-6-10-20-55(49)63-56-21-11-7-17-50(56)60/h3-37H,1-2H3/b25-24+. The van der Waals surface area contributed by atoms with Crippen LogP contribution in [0.3, 0.4) is 0 Å². The van der Waals surface area contributed by atoms with Crippen LogP contribution in [0.25, 0.3) is 49.6 Å². The molecule has 1 unspecified atom stereocenters. The van der Waals surface area contributed by atoms with Gasteiger partial charge in [-0.2, -0.15) is 0 Å². The molecule has 3 heterocycles. The normalized spacial score (nSPS) is 14.6. The second-order valence-corrected chi connectivity index (χ2v) is 21.7. The number of hydrogen-bond acceptors (Lipinski definition) is 4. The van der Waals surface area contributed by atoms with Gasteiger partial charge in [0.1, 0.15) is 0 Å². The summed E-state index contributed by atoms with van der Waals surface area (Å²) in [6.45, 7) is 4.78. The minimum absolute atomic E-state index is 0.161. The van der Waals surface area contributed by atoms with Crippen LogP contribution < -0.4 is 9.80 Å². The van der Waals surface area contributed by atoms with E-state index in [9.17, 15) is 0 Å². The van der Waals surface area contributed by atoms with E-state index < -0.39 is 7.53 Å². The molecular weight excluding hydrogens is 832 g/mol. The molecule has 0 N–H and O–H groups in total. The van der Waals surface area contributed by atoms with Gasteiger partial charge in [-0.15, -0.1) is 0 Å². The summed E-state index contributed by atoms with van der Waals surface area (Å²) in [6.07, 6.45) is 4.61. The van der Waals surface area contributed by atoms with Crippen molar-refractivity contribution in [2.45, 2.75) is 38.8 Å². The molecule has 0 fully saturated rings. The molecule has 5 heteroatoms. The molecule has 0 bridgehead atoms. The Bertz CT molecular complexity index is 3480. The van der Waals surface area contributed by atoms with Crippen molar-refractivity contribution in [3.8, 4) is 16.4 Å². The lowest BCUT2D eigenvalue weighted by atomic mass is 9.81. The van der Waals surface area contributed by atoms with Gasteiger partial charge in [-0.05, 0) is 140 Å². The molecule has 1 aromatic heterocycles. The van der Waals surface area contributed by atoms with Gasteiger partial charge in [0.05, 0.1) is 22.7 Å². The Morgan fingerprint density at radius 3 is 1.41 bits per heavy atom. The quantitative estimate of drug-likeness (QED) is 0.159. The lowest BCUT2D eigenvalue weighted by Crippen LogP contribution is -2.18. The number of nitrogens with zero attached hydrogens (tertiary/aromatic N) is 2. The number of anilines is 6. The van der Waals surface area contributed by atoms with Gasteiger partial charge in [0.2, 0.25) is 0 Å². The van der Waals surface area contributed by atoms with E-state index in [1.165, 1.54) is 113 Å². The molecule has 0 spiro atoms. The van der Waals surface area contributed by atoms with Gasteiger partial charge in [0.15, 0.2) is 0 Å². The van der Waals surface area contributed by atoms with Crippen LogP contribution in [0.15, 0.2) is 220 Å². The average Bonchev–Trinajstić information content (AvgIpc) is 3.78. The molecule has 13 rings (SSSR count). The van der Waals surface area contributed by atoms with Gasteiger partial charge in [-0.1, -0.05) is 166 Å². The maximum atomic E-state index is 2.45. The summed E-state index contributed by atoms with van der Waals surface area (Å²) >= 11 is 3.71. The number of rotatable bonds is 5. The highest BCUT2D eigenvalue weighted by Crippen LogP contribution is 2.58. The molecule has 2 nitrogen and oxygen atoms in total. The van der Waals surface area contributed by atoms with Gasteiger partial charge in [-0.25, -0.2) is 0 Å². The zero-order chi connectivity index (χ0) is 42.5. The second-order valence-electron chi connectivity index (χ2n) is 17.4. The third kappa shape index (κ3) is 5.90. The summed E-state index contributed by atoms with van der Waals surface area (Å²) in [5, 5.41) is 6.90. The maximum Gasteiger partial charge on any atom is 0.0601 e. The summed E-state index contributed by atoms with van der Waals surface area (Å²) in [5.74, 6) is 0. The van der Waals surface area contributed by atoms with E-state index >= 15 is 0 Å². The number of fused-ring (bicyclic) bond motifs is 10. The van der Waals surface area contributed by atoms with Crippen molar-refractivity contribution in [2.24, 2.45) is 0 Å². The third-order valence-corrected chi connectivity index (χ3v) is 18.1. The molecule has 304 valence electrons. The highest BCUT2D eigenvalue weighted by atomic mass is 32.2. The van der Waals surface area contributed by atoms with Crippen molar-refractivity contribution >= 4 is 98.3 Å². The van der Waals surface area contributed by atoms with Crippen molar-refractivity contribution in [2.75, 3.05) is 9.80 Å². The average molecular weight is 873 g/mol. The summed E-state index contributed by atoms with van der Waals surface area (Å²) in [4.78, 5) is 10.0. The highest BCUT2D eigenvalue weighted by Gasteiger charge is 2.37. The van der Waals surface area contributed by atoms with E-state index in [0.29, 0.717) is 0 Å². The second kappa shape index (κ2) is 14.7. The molecule has 0 saturated heterocycles. The largest absolute Gasteiger partial charge is 0.308 e. The summed E-state index contributed by atoms with van der Waals surface area (Å²) in [6, 6.07) is 74.7. The monoisotopic (exact) mass is 872 g/mol. The Morgan fingerprint density at radius 2 is 0.828 bits per heavy atom. The highest BCUT2D eigenvalue weighted by molar-refractivity contribution is 8.00. The Balaban J connectivity index is 0.876. The predicted molar refractivity (Wildman–Crippen MR) is 276 cm³/mol. The number of para-hydroxylation sites is 4. The van der Waals surface area contributed by atoms with E-state index in [0.717, 1.165) is 0 Å². The van der Waals surface area contributed by atoms with Crippen LogP contribution in [0, 0.1) is 0 Å². The van der Waals surface area contributed by atoms with Crippen molar-refractivity contribution in [3.05, 3.63) is 222 Å². The Morgan fingerprint density at radius 1 is 0.406 bits per heavy atom. The first kappa shape index (κ1) is 37.8. The molecule has 10 aromatic rings. The molecule has 0 saturated carbocycles. The van der Waals surface area contributed by atoms with Gasteiger partial charge in [-0.3, -0.25) is 0 Å². The molecule has 64 heavy (non-hydrogen) atoms. The first-order valence-electron chi connectivity index (χ1n) is 21.9. The van der Waals surface area contributed by atoms with Gasteiger partial charge < -0.3 is 9.80 Å². The van der Waals surface area contributed by atoms with Crippen LogP contribution in [0.4, 0.5) is 34.1 Å². The summed E-state index contributed by atoms with van der Waals surface area (Å²) < 4.78 is 0. The van der Waals surface area contributed by atoms with Crippen LogP contribution in [-0.2, 0) is 5.41 Å². The van der Waals surface area contributed by atoms with Gasteiger partial charge in [0, 0.05) is 46.6 Å². The van der Waals surface area contributed by atoms with Crippen LogP contribution >= 0.6 is 31.1 Å². The van der Waals surface area contributed by atoms with Gasteiger partial charge in [0.25, 0.3) is 0 Å². The predicted octanol–water partition coefficient (Wildman–Crippen LogP) is 18.3. The molecule has 2 aliphatic heterocycles. The minimum atomic E-state index is -0.692. The zero-order valence-corrected chi connectivity index (χ0v) is 37.9. The molecule has 0 radical (unpaired) electrons. The fourth-order valence-corrected chi connectivity index (χ4v) is 15.0. The molecule has 1 atom stereocenters. The van der Waals surface area contributed by atoms with E-state index in [1.807, 2.05) is 23.5 Å². The minimum Gasteiger partial charge on any atom is -0.308 e. The van der Waals surface area contributed by atoms with Crippen LogP contribution in [0.5, 0.6) is 0 Å². The van der Waals surface area contributed by atoms with Crippen molar-refractivity contribution in [1.82, 2.24) is 0 Å². The third-order valence-electron chi connectivity index (χ3n) is 13.3. The molecule has 1 aliphatic carbocycles.